The fourth-order valence-electron chi connectivity index (χ4n) is 5.20. The molecule has 0 spiro atoms. The van der Waals surface area contributed by atoms with Gasteiger partial charge in [0.1, 0.15) is 11.6 Å². The fraction of sp³-hybridized carbons (Fsp3) is 0.161. The molecule has 2 amide bonds. The lowest BCUT2D eigenvalue weighted by Crippen LogP contribution is -2.38. The Hall–Kier alpha value is -4.65. The standard InChI is InChI=1S/C31H28FN5O/c1-3-26-24-20-36(31(38)33-27-13-8-7-12-25(27)32)29(22-17-15-21(2)16-18-22)28-14-9-19-35(28)30(24)37(34-26)23-10-5-4-6-11-23/h4-19,29H,3,20H2,1-2H3,(H,33,38)/t29-/m1/s1. The lowest BCUT2D eigenvalue weighted by Gasteiger charge is -2.31. The molecule has 1 N–H and O–H groups in total. The molecular weight excluding hydrogens is 477 g/mol. The van der Waals surface area contributed by atoms with Crippen LogP contribution in [0.15, 0.2) is 97.2 Å². The van der Waals surface area contributed by atoms with Crippen LogP contribution in [-0.2, 0) is 13.0 Å². The van der Waals surface area contributed by atoms with Crippen LogP contribution in [0.3, 0.4) is 0 Å². The molecule has 5 aromatic rings. The number of benzene rings is 3. The average molecular weight is 506 g/mol. The number of halogens is 1. The van der Waals surface area contributed by atoms with E-state index in [0.29, 0.717) is 13.0 Å². The minimum atomic E-state index is -0.474. The van der Waals surface area contributed by atoms with Gasteiger partial charge in [-0.05, 0) is 55.3 Å². The van der Waals surface area contributed by atoms with Gasteiger partial charge in [-0.3, -0.25) is 0 Å². The maximum atomic E-state index is 14.5. The topological polar surface area (TPSA) is 55.1 Å². The third-order valence-corrected chi connectivity index (χ3v) is 7.07. The zero-order valence-corrected chi connectivity index (χ0v) is 21.3. The summed E-state index contributed by atoms with van der Waals surface area (Å²) in [4.78, 5) is 15.7. The molecule has 0 saturated carbocycles. The lowest BCUT2D eigenvalue weighted by atomic mass is 10.0. The van der Waals surface area contributed by atoms with E-state index in [1.54, 1.807) is 23.1 Å². The van der Waals surface area contributed by atoms with Crippen molar-refractivity contribution in [1.29, 1.82) is 0 Å². The number of aryl methyl sites for hydroxylation is 2. The predicted octanol–water partition coefficient (Wildman–Crippen LogP) is 6.81. The number of amides is 2. The minimum Gasteiger partial charge on any atom is -0.307 e. The van der Waals surface area contributed by atoms with Crippen LogP contribution in [0.4, 0.5) is 14.9 Å². The van der Waals surface area contributed by atoms with Crippen LogP contribution in [0.2, 0.25) is 0 Å². The molecule has 2 aromatic heterocycles. The number of carbonyl (C=O) groups excluding carboxylic acids is 1. The summed E-state index contributed by atoms with van der Waals surface area (Å²) < 4.78 is 18.6. The van der Waals surface area contributed by atoms with Crippen molar-refractivity contribution in [3.05, 3.63) is 131 Å². The van der Waals surface area contributed by atoms with Crippen LogP contribution in [0.1, 0.15) is 41.0 Å². The number of carbonyl (C=O) groups is 1. The van der Waals surface area contributed by atoms with Crippen molar-refractivity contribution in [1.82, 2.24) is 19.2 Å². The summed E-state index contributed by atoms with van der Waals surface area (Å²) in [5.74, 6) is 0.434. The van der Waals surface area contributed by atoms with E-state index >= 15 is 0 Å². The minimum absolute atomic E-state index is 0.149. The van der Waals surface area contributed by atoms with Gasteiger partial charge < -0.3 is 14.8 Å². The average Bonchev–Trinajstić information content (AvgIpc) is 3.52. The van der Waals surface area contributed by atoms with Crippen molar-refractivity contribution in [3.63, 3.8) is 0 Å². The fourth-order valence-corrected chi connectivity index (χ4v) is 5.20. The molecule has 0 fully saturated rings. The zero-order chi connectivity index (χ0) is 26.2. The molecule has 1 aliphatic heterocycles. The van der Waals surface area contributed by atoms with Crippen LogP contribution in [0.25, 0.3) is 11.5 Å². The number of fused-ring (bicyclic) bond motifs is 3. The van der Waals surface area contributed by atoms with E-state index in [1.165, 1.54) is 6.07 Å². The molecule has 0 aliphatic carbocycles. The summed E-state index contributed by atoms with van der Waals surface area (Å²) in [6.07, 6.45) is 2.73. The molecule has 6 rings (SSSR count). The third-order valence-electron chi connectivity index (χ3n) is 7.07. The van der Waals surface area contributed by atoms with E-state index in [0.717, 1.165) is 39.6 Å². The largest absolute Gasteiger partial charge is 0.323 e. The van der Waals surface area contributed by atoms with Crippen LogP contribution < -0.4 is 5.32 Å². The number of hydrogen-bond acceptors (Lipinski definition) is 2. The highest BCUT2D eigenvalue weighted by molar-refractivity contribution is 5.90. The maximum Gasteiger partial charge on any atom is 0.323 e. The van der Waals surface area contributed by atoms with E-state index in [4.69, 9.17) is 5.10 Å². The number of aromatic nitrogens is 3. The van der Waals surface area contributed by atoms with Crippen LogP contribution in [0.5, 0.6) is 0 Å². The molecule has 1 aliphatic rings. The number of anilines is 1. The molecule has 38 heavy (non-hydrogen) atoms. The quantitative estimate of drug-likeness (QED) is 0.292. The van der Waals surface area contributed by atoms with Gasteiger partial charge in [-0.15, -0.1) is 0 Å². The lowest BCUT2D eigenvalue weighted by molar-refractivity contribution is 0.194. The number of nitrogens with zero attached hydrogens (tertiary/aromatic N) is 4. The second-order valence-corrected chi connectivity index (χ2v) is 9.50. The zero-order valence-electron chi connectivity index (χ0n) is 21.3. The SMILES string of the molecule is CCc1nn(-c2ccccc2)c2c1CN(C(=O)Nc1ccccc1F)[C@H](c1ccc(C)cc1)c1cccn1-2. The Labute approximate surface area is 221 Å². The normalized spacial score (nSPS) is 14.5. The molecule has 0 unspecified atom stereocenters. The first-order valence-corrected chi connectivity index (χ1v) is 12.8. The molecule has 0 radical (unpaired) electrons. The van der Waals surface area contributed by atoms with E-state index in [9.17, 15) is 9.18 Å². The van der Waals surface area contributed by atoms with Crippen molar-refractivity contribution in [3.8, 4) is 11.5 Å². The van der Waals surface area contributed by atoms with E-state index in [2.05, 4.69) is 41.1 Å². The smallest absolute Gasteiger partial charge is 0.307 e. The summed E-state index contributed by atoms with van der Waals surface area (Å²) >= 11 is 0. The summed E-state index contributed by atoms with van der Waals surface area (Å²) in [6.45, 7) is 4.42. The molecule has 7 heteroatoms. The molecule has 0 saturated heterocycles. The Morgan fingerprint density at radius 1 is 0.974 bits per heavy atom. The Bertz CT molecular complexity index is 1600. The number of hydrogen-bond donors (Lipinski definition) is 1. The Balaban J connectivity index is 1.56. The molecule has 3 heterocycles. The number of para-hydroxylation sites is 2. The van der Waals surface area contributed by atoms with Crippen LogP contribution in [0, 0.1) is 12.7 Å². The van der Waals surface area contributed by atoms with Crippen molar-refractivity contribution in [2.24, 2.45) is 0 Å². The highest BCUT2D eigenvalue weighted by Gasteiger charge is 2.36. The van der Waals surface area contributed by atoms with Crippen molar-refractivity contribution in [2.45, 2.75) is 32.9 Å². The van der Waals surface area contributed by atoms with E-state index in [-0.39, 0.29) is 11.7 Å². The molecule has 0 bridgehead atoms. The van der Waals surface area contributed by atoms with Gasteiger partial charge in [-0.25, -0.2) is 13.9 Å². The molecular formula is C31H28FN5O. The molecule has 1 atom stereocenters. The first-order chi connectivity index (χ1) is 18.5. The Morgan fingerprint density at radius 3 is 2.45 bits per heavy atom. The van der Waals surface area contributed by atoms with Gasteiger partial charge in [0.25, 0.3) is 0 Å². The Morgan fingerprint density at radius 2 is 1.71 bits per heavy atom. The van der Waals surface area contributed by atoms with Gasteiger partial charge in [-0.1, -0.05) is 67.1 Å². The monoisotopic (exact) mass is 505 g/mol. The number of nitrogens with one attached hydrogen (secondary N) is 1. The highest BCUT2D eigenvalue weighted by atomic mass is 19.1. The van der Waals surface area contributed by atoms with Gasteiger partial charge in [0.2, 0.25) is 0 Å². The molecule has 3 aromatic carbocycles. The second kappa shape index (κ2) is 9.67. The van der Waals surface area contributed by atoms with Crippen molar-refractivity contribution >= 4 is 11.7 Å². The van der Waals surface area contributed by atoms with Crippen LogP contribution >= 0.6 is 0 Å². The van der Waals surface area contributed by atoms with Gasteiger partial charge in [-0.2, -0.15) is 5.10 Å². The van der Waals surface area contributed by atoms with Gasteiger partial charge >= 0.3 is 6.03 Å². The maximum absolute atomic E-state index is 14.5. The summed E-state index contributed by atoms with van der Waals surface area (Å²) in [5.41, 5.74) is 6.01. The van der Waals surface area contributed by atoms with Gasteiger partial charge in [0, 0.05) is 11.8 Å². The van der Waals surface area contributed by atoms with E-state index in [1.807, 2.05) is 60.3 Å². The Kier molecular flexibility index (Phi) is 6.04. The highest BCUT2D eigenvalue weighted by Crippen LogP contribution is 2.39. The van der Waals surface area contributed by atoms with Crippen molar-refractivity contribution < 1.29 is 9.18 Å². The molecule has 190 valence electrons. The van der Waals surface area contributed by atoms with Crippen molar-refractivity contribution in [2.75, 3.05) is 5.32 Å². The number of rotatable bonds is 4. The van der Waals surface area contributed by atoms with Gasteiger partial charge in [0.15, 0.2) is 0 Å². The van der Waals surface area contributed by atoms with Gasteiger partial charge in [0.05, 0.1) is 35.3 Å². The predicted molar refractivity (Wildman–Crippen MR) is 146 cm³/mol. The van der Waals surface area contributed by atoms with E-state index < -0.39 is 11.9 Å². The number of urea groups is 1. The summed E-state index contributed by atoms with van der Waals surface area (Å²) in [6, 6.07) is 27.7. The second-order valence-electron chi connectivity index (χ2n) is 9.50. The summed E-state index contributed by atoms with van der Waals surface area (Å²) in [7, 11) is 0. The molecule has 6 nitrogen and oxygen atoms in total. The first-order valence-electron chi connectivity index (χ1n) is 12.8. The first kappa shape index (κ1) is 23.7. The third kappa shape index (κ3) is 4.06. The van der Waals surface area contributed by atoms with Crippen LogP contribution in [-0.4, -0.2) is 25.3 Å². The summed E-state index contributed by atoms with van der Waals surface area (Å²) in [5, 5.41) is 7.80.